The average Bonchev–Trinajstić information content (AvgIpc) is 2.67. The number of hydrogen-bond donors (Lipinski definition) is 2. The minimum Gasteiger partial charge on any atom is -0.465 e. The van der Waals surface area contributed by atoms with Crippen molar-refractivity contribution in [1.29, 1.82) is 5.26 Å². The molecule has 0 aliphatic carbocycles. The molecule has 0 unspecified atom stereocenters. The van der Waals surface area contributed by atoms with Crippen molar-refractivity contribution in [3.63, 3.8) is 0 Å². The second-order valence-corrected chi connectivity index (χ2v) is 5.60. The summed E-state index contributed by atoms with van der Waals surface area (Å²) in [4.78, 5) is 23.9. The molecule has 132 valence electrons. The van der Waals surface area contributed by atoms with E-state index in [4.69, 9.17) is 16.3 Å². The quantitative estimate of drug-likeness (QED) is 0.463. The van der Waals surface area contributed by atoms with E-state index in [0.717, 1.165) is 5.56 Å². The number of nitrogens with zero attached hydrogens (tertiary/aromatic N) is 1. The topological polar surface area (TPSA) is 91.2 Å². The molecule has 0 aliphatic rings. The molecule has 0 aliphatic heterocycles. The molecular weight excluding hydrogens is 354 g/mol. The molecule has 0 radical (unpaired) electrons. The monoisotopic (exact) mass is 369 g/mol. The first-order valence-electron chi connectivity index (χ1n) is 7.62. The molecule has 0 heterocycles. The first-order valence-corrected chi connectivity index (χ1v) is 7.99. The third kappa shape index (κ3) is 5.10. The number of carbonyl (C=O) groups is 2. The van der Waals surface area contributed by atoms with Crippen molar-refractivity contribution in [2.75, 3.05) is 12.4 Å². The minimum atomic E-state index is -0.565. The number of rotatable bonds is 6. The zero-order valence-electron chi connectivity index (χ0n) is 14.0. The molecule has 0 spiro atoms. The zero-order valence-corrected chi connectivity index (χ0v) is 14.7. The van der Waals surface area contributed by atoms with E-state index in [9.17, 15) is 14.9 Å². The Morgan fingerprint density at radius 2 is 1.96 bits per heavy atom. The average molecular weight is 370 g/mol. The summed E-state index contributed by atoms with van der Waals surface area (Å²) in [5.74, 6) is -1.10. The highest BCUT2D eigenvalue weighted by Gasteiger charge is 2.13. The molecule has 2 aromatic carbocycles. The molecule has 2 rings (SSSR count). The molecule has 0 atom stereocenters. The van der Waals surface area contributed by atoms with Crippen LogP contribution in [-0.2, 0) is 16.1 Å². The van der Waals surface area contributed by atoms with Crippen molar-refractivity contribution >= 4 is 29.2 Å². The molecule has 0 fully saturated rings. The summed E-state index contributed by atoms with van der Waals surface area (Å²) in [5, 5.41) is 15.0. The predicted molar refractivity (Wildman–Crippen MR) is 98.4 cm³/mol. The second-order valence-electron chi connectivity index (χ2n) is 5.16. The Bertz CT molecular complexity index is 873. The molecule has 0 saturated heterocycles. The maximum Gasteiger partial charge on any atom is 0.339 e. The Labute approximate surface area is 156 Å². The molecule has 2 N–H and O–H groups in total. The van der Waals surface area contributed by atoms with Crippen molar-refractivity contribution in [3.05, 3.63) is 76.5 Å². The molecule has 26 heavy (non-hydrogen) atoms. The van der Waals surface area contributed by atoms with Gasteiger partial charge < -0.3 is 15.4 Å². The highest BCUT2D eigenvalue weighted by Crippen LogP contribution is 2.22. The fourth-order valence-electron chi connectivity index (χ4n) is 2.10. The first-order chi connectivity index (χ1) is 12.5. The van der Waals surface area contributed by atoms with Crippen LogP contribution in [0.4, 0.5) is 5.69 Å². The number of amides is 1. The summed E-state index contributed by atoms with van der Waals surface area (Å²) in [7, 11) is 1.26. The Balaban J connectivity index is 2.12. The number of benzene rings is 2. The molecule has 6 nitrogen and oxygen atoms in total. The summed E-state index contributed by atoms with van der Waals surface area (Å²) < 4.78 is 4.70. The van der Waals surface area contributed by atoms with E-state index in [1.54, 1.807) is 6.07 Å². The highest BCUT2D eigenvalue weighted by atomic mass is 35.5. The maximum absolute atomic E-state index is 12.2. The van der Waals surface area contributed by atoms with Gasteiger partial charge in [0, 0.05) is 17.8 Å². The number of anilines is 1. The molecule has 0 bridgehead atoms. The van der Waals surface area contributed by atoms with Crippen molar-refractivity contribution in [2.24, 2.45) is 0 Å². The smallest absolute Gasteiger partial charge is 0.339 e. The van der Waals surface area contributed by atoms with Crippen LogP contribution < -0.4 is 10.6 Å². The van der Waals surface area contributed by atoms with E-state index in [-0.39, 0.29) is 11.1 Å². The summed E-state index contributed by atoms with van der Waals surface area (Å²) in [5.41, 5.74) is 1.33. The zero-order chi connectivity index (χ0) is 18.9. The van der Waals surface area contributed by atoms with Gasteiger partial charge in [0.05, 0.1) is 18.4 Å². The van der Waals surface area contributed by atoms with Crippen LogP contribution in [0.5, 0.6) is 0 Å². The van der Waals surface area contributed by atoms with Crippen molar-refractivity contribution < 1.29 is 14.3 Å². The second kappa shape index (κ2) is 9.25. The Morgan fingerprint density at radius 3 is 2.62 bits per heavy atom. The number of nitriles is 1. The number of ether oxygens (including phenoxy) is 1. The lowest BCUT2D eigenvalue weighted by atomic mass is 10.1. The molecule has 7 heteroatoms. The fraction of sp³-hybridized carbons (Fsp3) is 0.105. The highest BCUT2D eigenvalue weighted by molar-refractivity contribution is 6.31. The van der Waals surface area contributed by atoms with Crippen LogP contribution in [0.2, 0.25) is 5.02 Å². The van der Waals surface area contributed by atoms with Crippen LogP contribution in [0.15, 0.2) is 60.3 Å². The summed E-state index contributed by atoms with van der Waals surface area (Å²) >= 11 is 5.94. The van der Waals surface area contributed by atoms with Crippen LogP contribution >= 0.6 is 11.6 Å². The lowest BCUT2D eigenvalue weighted by molar-refractivity contribution is -0.117. The summed E-state index contributed by atoms with van der Waals surface area (Å²) in [6, 6.07) is 15.7. The number of halogens is 1. The van der Waals surface area contributed by atoms with Crippen LogP contribution in [0.3, 0.4) is 0 Å². The number of hydrogen-bond acceptors (Lipinski definition) is 5. The Hall–Kier alpha value is -3.30. The van der Waals surface area contributed by atoms with Gasteiger partial charge in [-0.2, -0.15) is 5.26 Å². The lowest BCUT2D eigenvalue weighted by Crippen LogP contribution is -2.24. The molecule has 0 saturated carbocycles. The van der Waals surface area contributed by atoms with Gasteiger partial charge in [-0.15, -0.1) is 0 Å². The van der Waals surface area contributed by atoms with Gasteiger partial charge in [0.1, 0.15) is 11.6 Å². The van der Waals surface area contributed by atoms with E-state index in [1.165, 1.54) is 25.4 Å². The molecule has 1 amide bonds. The van der Waals surface area contributed by atoms with Gasteiger partial charge in [0.15, 0.2) is 0 Å². The van der Waals surface area contributed by atoms with Crippen LogP contribution in [-0.4, -0.2) is 19.0 Å². The van der Waals surface area contributed by atoms with Gasteiger partial charge in [0.2, 0.25) is 0 Å². The number of nitrogens with one attached hydrogen (secondary N) is 2. The lowest BCUT2D eigenvalue weighted by Gasteiger charge is -2.09. The van der Waals surface area contributed by atoms with Gasteiger partial charge in [-0.3, -0.25) is 4.79 Å². The van der Waals surface area contributed by atoms with E-state index < -0.39 is 11.9 Å². The summed E-state index contributed by atoms with van der Waals surface area (Å²) in [6.45, 7) is 0.295. The largest absolute Gasteiger partial charge is 0.465 e. The van der Waals surface area contributed by atoms with E-state index in [0.29, 0.717) is 17.3 Å². The molecule has 0 aromatic heterocycles. The molecule has 2 aromatic rings. The van der Waals surface area contributed by atoms with Crippen LogP contribution in [0, 0.1) is 11.3 Å². The van der Waals surface area contributed by atoms with Crippen LogP contribution in [0.1, 0.15) is 15.9 Å². The Morgan fingerprint density at radius 1 is 1.23 bits per heavy atom. The predicted octanol–water partition coefficient (Wildman–Crippen LogP) is 3.26. The standard InChI is InChI=1S/C19H16ClN3O3/c1-26-19(25)16-8-7-15(20)9-17(16)22-12-14(10-21)18(24)23-11-13-5-3-2-4-6-13/h2-9,12,22H,11H2,1H3,(H,23,24). The normalized spacial score (nSPS) is 10.6. The third-order valence-corrected chi connectivity index (χ3v) is 3.66. The van der Waals surface area contributed by atoms with E-state index in [2.05, 4.69) is 10.6 Å². The van der Waals surface area contributed by atoms with Gasteiger partial charge in [-0.1, -0.05) is 41.9 Å². The van der Waals surface area contributed by atoms with Crippen LogP contribution in [0.25, 0.3) is 0 Å². The van der Waals surface area contributed by atoms with Gasteiger partial charge in [-0.25, -0.2) is 4.79 Å². The van der Waals surface area contributed by atoms with E-state index >= 15 is 0 Å². The third-order valence-electron chi connectivity index (χ3n) is 3.42. The summed E-state index contributed by atoms with van der Waals surface area (Å²) in [6.07, 6.45) is 1.22. The SMILES string of the molecule is COC(=O)c1ccc(Cl)cc1NC=C(C#N)C(=O)NCc1ccccc1. The Kier molecular flexibility index (Phi) is 6.77. The van der Waals surface area contributed by atoms with Gasteiger partial charge in [0.25, 0.3) is 5.91 Å². The number of esters is 1. The van der Waals surface area contributed by atoms with Crippen molar-refractivity contribution in [2.45, 2.75) is 6.54 Å². The maximum atomic E-state index is 12.2. The van der Waals surface area contributed by atoms with Crippen molar-refractivity contribution in [1.82, 2.24) is 5.32 Å². The van der Waals surface area contributed by atoms with Gasteiger partial charge in [-0.05, 0) is 23.8 Å². The first kappa shape index (κ1) is 19.0. The van der Waals surface area contributed by atoms with Crippen molar-refractivity contribution in [3.8, 4) is 6.07 Å². The van der Waals surface area contributed by atoms with E-state index in [1.807, 2.05) is 36.4 Å². The fourth-order valence-corrected chi connectivity index (χ4v) is 2.27. The molecular formula is C19H16ClN3O3. The number of carbonyl (C=O) groups excluding carboxylic acids is 2. The number of methoxy groups -OCH3 is 1. The van der Waals surface area contributed by atoms with Gasteiger partial charge >= 0.3 is 5.97 Å². The minimum absolute atomic E-state index is 0.142.